The fourth-order valence-corrected chi connectivity index (χ4v) is 4.27. The first kappa shape index (κ1) is 20.4. The van der Waals surface area contributed by atoms with Gasteiger partial charge in [0.25, 0.3) is 5.91 Å². The van der Waals surface area contributed by atoms with Crippen molar-refractivity contribution in [1.29, 1.82) is 0 Å². The van der Waals surface area contributed by atoms with Gasteiger partial charge in [0.05, 0.1) is 13.2 Å². The molecule has 1 unspecified atom stereocenters. The van der Waals surface area contributed by atoms with Crippen molar-refractivity contribution >= 4 is 18.1 Å². The Morgan fingerprint density at radius 3 is 2.67 bits per heavy atom. The fourth-order valence-electron chi connectivity index (χ4n) is 4.01. The van der Waals surface area contributed by atoms with Gasteiger partial charge in [-0.05, 0) is 68.0 Å². The maximum Gasteiger partial charge on any atom is 0.269 e. The SMILES string of the molecule is COc1cccc(C(CNC(=O)c2c[nH]c(=S)n2-c2ccccc2)N2CCCC2)c1. The van der Waals surface area contributed by atoms with Crippen LogP contribution in [-0.4, -0.2) is 47.1 Å². The van der Waals surface area contributed by atoms with Crippen LogP contribution in [0.2, 0.25) is 0 Å². The highest BCUT2D eigenvalue weighted by Crippen LogP contribution is 2.27. The number of nitrogens with zero attached hydrogens (tertiary/aromatic N) is 2. The molecule has 1 aliphatic rings. The molecule has 156 valence electrons. The normalized spacial score (nSPS) is 15.1. The van der Waals surface area contributed by atoms with Crippen LogP contribution in [0.15, 0.2) is 60.8 Å². The van der Waals surface area contributed by atoms with Crippen molar-refractivity contribution in [3.8, 4) is 11.4 Å². The number of methoxy groups -OCH3 is 1. The topological polar surface area (TPSA) is 62.3 Å². The molecule has 4 rings (SSSR count). The van der Waals surface area contributed by atoms with Crippen molar-refractivity contribution in [3.63, 3.8) is 0 Å². The molecule has 0 aliphatic carbocycles. The summed E-state index contributed by atoms with van der Waals surface area (Å²) in [6.07, 6.45) is 4.03. The van der Waals surface area contributed by atoms with Crippen molar-refractivity contribution in [1.82, 2.24) is 19.8 Å². The second-order valence-corrected chi connectivity index (χ2v) is 7.78. The number of hydrogen-bond donors (Lipinski definition) is 2. The third-order valence-corrected chi connectivity index (χ3v) is 5.84. The minimum absolute atomic E-state index is 0.0960. The maximum atomic E-state index is 13.1. The number of carbonyl (C=O) groups excluding carboxylic acids is 1. The lowest BCUT2D eigenvalue weighted by atomic mass is 10.0. The van der Waals surface area contributed by atoms with Gasteiger partial charge in [-0.1, -0.05) is 30.3 Å². The summed E-state index contributed by atoms with van der Waals surface area (Å²) in [5, 5.41) is 3.13. The number of para-hydroxylation sites is 1. The number of aromatic nitrogens is 2. The van der Waals surface area contributed by atoms with Gasteiger partial charge in [-0.25, -0.2) is 0 Å². The molecule has 0 spiro atoms. The first-order valence-corrected chi connectivity index (χ1v) is 10.6. The Labute approximate surface area is 181 Å². The Kier molecular flexibility index (Phi) is 6.30. The fraction of sp³-hybridized carbons (Fsp3) is 0.304. The largest absolute Gasteiger partial charge is 0.497 e. The first-order chi connectivity index (χ1) is 14.7. The van der Waals surface area contributed by atoms with Crippen LogP contribution in [0.25, 0.3) is 5.69 Å². The van der Waals surface area contributed by atoms with Crippen LogP contribution in [0.4, 0.5) is 0 Å². The number of imidazole rings is 1. The maximum absolute atomic E-state index is 13.1. The Balaban J connectivity index is 1.56. The van der Waals surface area contributed by atoms with Gasteiger partial charge in [-0.15, -0.1) is 0 Å². The van der Waals surface area contributed by atoms with Gasteiger partial charge in [0.2, 0.25) is 0 Å². The van der Waals surface area contributed by atoms with Crippen molar-refractivity contribution in [3.05, 3.63) is 76.8 Å². The molecule has 0 bridgehead atoms. The summed E-state index contributed by atoms with van der Waals surface area (Å²) in [5.74, 6) is 0.671. The second-order valence-electron chi connectivity index (χ2n) is 7.40. The molecule has 2 N–H and O–H groups in total. The summed E-state index contributed by atoms with van der Waals surface area (Å²) >= 11 is 5.41. The van der Waals surface area contributed by atoms with Crippen molar-refractivity contribution in [2.45, 2.75) is 18.9 Å². The molecular weight excluding hydrogens is 396 g/mol. The quantitative estimate of drug-likeness (QED) is 0.563. The summed E-state index contributed by atoms with van der Waals surface area (Å²) in [6, 6.07) is 17.8. The van der Waals surface area contributed by atoms with E-state index in [-0.39, 0.29) is 11.9 Å². The van der Waals surface area contributed by atoms with E-state index in [0.29, 0.717) is 17.0 Å². The molecule has 2 aromatic carbocycles. The van der Waals surface area contributed by atoms with Crippen molar-refractivity contribution in [2.24, 2.45) is 0 Å². The zero-order valence-electron chi connectivity index (χ0n) is 17.0. The number of ether oxygens (including phenoxy) is 1. The highest BCUT2D eigenvalue weighted by Gasteiger charge is 2.25. The minimum atomic E-state index is -0.154. The number of nitrogens with one attached hydrogen (secondary N) is 2. The molecule has 7 heteroatoms. The van der Waals surface area contributed by atoms with E-state index in [4.69, 9.17) is 17.0 Å². The smallest absolute Gasteiger partial charge is 0.269 e. The summed E-state index contributed by atoms with van der Waals surface area (Å²) < 4.78 is 7.67. The Morgan fingerprint density at radius 2 is 1.93 bits per heavy atom. The van der Waals surface area contributed by atoms with Crippen LogP contribution in [0.5, 0.6) is 5.75 Å². The molecule has 3 aromatic rings. The zero-order valence-corrected chi connectivity index (χ0v) is 17.8. The molecule has 0 radical (unpaired) electrons. The number of carbonyl (C=O) groups is 1. The lowest BCUT2D eigenvalue weighted by molar-refractivity contribution is 0.0931. The van der Waals surface area contributed by atoms with E-state index in [0.717, 1.165) is 30.1 Å². The Hall–Kier alpha value is -2.90. The molecular formula is C23H26N4O2S. The number of H-pyrrole nitrogens is 1. The molecule has 6 nitrogen and oxygen atoms in total. The monoisotopic (exact) mass is 422 g/mol. The summed E-state index contributed by atoms with van der Waals surface area (Å²) in [4.78, 5) is 18.5. The highest BCUT2D eigenvalue weighted by atomic mass is 32.1. The zero-order chi connectivity index (χ0) is 20.9. The van der Waals surface area contributed by atoms with Crippen LogP contribution in [0.3, 0.4) is 0 Å². The molecule has 1 atom stereocenters. The number of likely N-dealkylation sites (tertiary alicyclic amines) is 1. The Morgan fingerprint density at radius 1 is 1.17 bits per heavy atom. The highest BCUT2D eigenvalue weighted by molar-refractivity contribution is 7.71. The van der Waals surface area contributed by atoms with E-state index in [1.807, 2.05) is 42.5 Å². The van der Waals surface area contributed by atoms with Gasteiger partial charge >= 0.3 is 0 Å². The second kappa shape index (κ2) is 9.28. The van der Waals surface area contributed by atoms with Gasteiger partial charge in [0, 0.05) is 18.4 Å². The number of amides is 1. The third kappa shape index (κ3) is 4.32. The number of benzene rings is 2. The van der Waals surface area contributed by atoms with Crippen LogP contribution >= 0.6 is 12.2 Å². The average Bonchev–Trinajstić information content (AvgIpc) is 3.44. The first-order valence-electron chi connectivity index (χ1n) is 10.2. The van der Waals surface area contributed by atoms with Crippen molar-refractivity contribution in [2.75, 3.05) is 26.7 Å². The van der Waals surface area contributed by atoms with Gasteiger partial charge in [0.15, 0.2) is 4.77 Å². The number of aromatic amines is 1. The molecule has 1 aromatic heterocycles. The van der Waals surface area contributed by atoms with Crippen LogP contribution in [0, 0.1) is 4.77 Å². The van der Waals surface area contributed by atoms with Gasteiger partial charge in [-0.2, -0.15) is 0 Å². The molecule has 30 heavy (non-hydrogen) atoms. The summed E-state index contributed by atoms with van der Waals surface area (Å²) in [5.41, 5.74) is 2.50. The third-order valence-electron chi connectivity index (χ3n) is 5.54. The Bertz CT molecular complexity index is 1050. The molecule has 1 amide bonds. The number of hydrogen-bond acceptors (Lipinski definition) is 4. The predicted molar refractivity (Wildman–Crippen MR) is 120 cm³/mol. The van der Waals surface area contributed by atoms with Gasteiger partial charge in [-0.3, -0.25) is 14.3 Å². The van der Waals surface area contributed by atoms with Gasteiger partial charge < -0.3 is 15.0 Å². The molecule has 1 saturated heterocycles. The van der Waals surface area contributed by atoms with E-state index >= 15 is 0 Å². The molecule has 1 aliphatic heterocycles. The van der Waals surface area contributed by atoms with Crippen LogP contribution < -0.4 is 10.1 Å². The average molecular weight is 423 g/mol. The minimum Gasteiger partial charge on any atom is -0.497 e. The standard InChI is InChI=1S/C23H26N4O2S/c1-29-19-11-7-8-17(14-19)20(26-12-5-6-13-26)15-24-22(28)21-16-25-23(30)27(21)18-9-3-2-4-10-18/h2-4,7-11,14,16,20H,5-6,12-13,15H2,1H3,(H,24,28)(H,25,30). The van der Waals surface area contributed by atoms with E-state index in [9.17, 15) is 4.79 Å². The predicted octanol–water partition coefficient (Wildman–Crippen LogP) is 4.11. The lowest BCUT2D eigenvalue weighted by Gasteiger charge is -2.28. The summed E-state index contributed by atoms with van der Waals surface area (Å²) in [7, 11) is 1.67. The molecule has 2 heterocycles. The van der Waals surface area contributed by atoms with E-state index in [1.165, 1.54) is 12.8 Å². The van der Waals surface area contributed by atoms with Crippen molar-refractivity contribution < 1.29 is 9.53 Å². The van der Waals surface area contributed by atoms with Crippen LogP contribution in [-0.2, 0) is 0 Å². The van der Waals surface area contributed by atoms with Gasteiger partial charge in [0.1, 0.15) is 11.4 Å². The van der Waals surface area contributed by atoms with E-state index < -0.39 is 0 Å². The number of rotatable bonds is 7. The lowest BCUT2D eigenvalue weighted by Crippen LogP contribution is -2.37. The summed E-state index contributed by atoms with van der Waals surface area (Å²) in [6.45, 7) is 2.57. The van der Waals surface area contributed by atoms with E-state index in [1.54, 1.807) is 17.9 Å². The van der Waals surface area contributed by atoms with E-state index in [2.05, 4.69) is 27.3 Å². The van der Waals surface area contributed by atoms with Crippen LogP contribution in [0.1, 0.15) is 34.9 Å². The molecule has 1 fully saturated rings. The molecule has 0 saturated carbocycles.